The first kappa shape index (κ1) is 14.5. The van der Waals surface area contributed by atoms with Crippen LogP contribution in [-0.2, 0) is 6.54 Å². The number of rotatable bonds is 4. The maximum absolute atomic E-state index is 13.6. The van der Waals surface area contributed by atoms with Gasteiger partial charge in [0.2, 0.25) is 5.88 Å². The maximum atomic E-state index is 13.6. The number of hydrogen-bond acceptors (Lipinski definition) is 3. The molecule has 0 radical (unpaired) electrons. The largest absolute Gasteiger partial charge is 0.481 e. The Balaban J connectivity index is 2.11. The number of carbonyl (C=O) groups is 1. The smallest absolute Gasteiger partial charge is 0.254 e. The fourth-order valence-electron chi connectivity index (χ4n) is 1.68. The van der Waals surface area contributed by atoms with Crippen LogP contribution in [0.25, 0.3) is 0 Å². The van der Waals surface area contributed by atoms with E-state index in [4.69, 9.17) is 4.74 Å². The van der Waals surface area contributed by atoms with Crippen LogP contribution in [0, 0.1) is 5.82 Å². The molecule has 0 aliphatic carbocycles. The number of hydrogen-bond donors (Lipinski definition) is 1. The molecule has 0 aliphatic heterocycles. The summed E-state index contributed by atoms with van der Waals surface area (Å²) in [5, 5.41) is 2.64. The lowest BCUT2D eigenvalue weighted by atomic mass is 10.2. The molecule has 1 aromatic carbocycles. The standard InChI is InChI=1S/C14H12BrFN2O2/c1-20-14-9(3-2-6-17-14)8-18-13(19)11-7-10(15)4-5-12(11)16/h2-7H,8H2,1H3,(H,18,19). The molecule has 0 aliphatic rings. The van der Waals surface area contributed by atoms with Crippen molar-refractivity contribution < 1.29 is 13.9 Å². The van der Waals surface area contributed by atoms with Gasteiger partial charge in [-0.2, -0.15) is 0 Å². The van der Waals surface area contributed by atoms with E-state index < -0.39 is 11.7 Å². The van der Waals surface area contributed by atoms with E-state index in [-0.39, 0.29) is 12.1 Å². The highest BCUT2D eigenvalue weighted by Gasteiger charge is 2.13. The van der Waals surface area contributed by atoms with E-state index in [0.29, 0.717) is 10.4 Å². The second-order valence-corrected chi connectivity index (χ2v) is 4.89. The van der Waals surface area contributed by atoms with Crippen molar-refractivity contribution in [3.05, 3.63) is 57.9 Å². The number of methoxy groups -OCH3 is 1. The highest BCUT2D eigenvalue weighted by atomic mass is 79.9. The Labute approximate surface area is 124 Å². The zero-order valence-electron chi connectivity index (χ0n) is 10.7. The predicted molar refractivity (Wildman–Crippen MR) is 76.1 cm³/mol. The molecule has 0 spiro atoms. The summed E-state index contributed by atoms with van der Waals surface area (Å²) in [5.74, 6) is -0.624. The van der Waals surface area contributed by atoms with Gasteiger partial charge in [0, 0.05) is 22.8 Å². The molecule has 0 bridgehead atoms. The Bertz CT molecular complexity index is 634. The van der Waals surface area contributed by atoms with Gasteiger partial charge in [-0.25, -0.2) is 9.37 Å². The van der Waals surface area contributed by atoms with Gasteiger partial charge in [0.05, 0.1) is 12.7 Å². The van der Waals surface area contributed by atoms with Gasteiger partial charge < -0.3 is 10.1 Å². The highest BCUT2D eigenvalue weighted by molar-refractivity contribution is 9.10. The lowest BCUT2D eigenvalue weighted by Gasteiger charge is -2.09. The number of carbonyl (C=O) groups excluding carboxylic acids is 1. The predicted octanol–water partition coefficient (Wildman–Crippen LogP) is 2.92. The van der Waals surface area contributed by atoms with Crippen molar-refractivity contribution in [2.75, 3.05) is 7.11 Å². The molecule has 1 N–H and O–H groups in total. The number of aromatic nitrogens is 1. The first-order valence-electron chi connectivity index (χ1n) is 5.83. The molecule has 104 valence electrons. The van der Waals surface area contributed by atoms with Gasteiger partial charge in [-0.05, 0) is 24.3 Å². The molecule has 0 saturated heterocycles. The van der Waals surface area contributed by atoms with Gasteiger partial charge in [0.15, 0.2) is 0 Å². The summed E-state index contributed by atoms with van der Waals surface area (Å²) in [6.45, 7) is 0.210. The average Bonchev–Trinajstić information content (AvgIpc) is 2.47. The minimum Gasteiger partial charge on any atom is -0.481 e. The van der Waals surface area contributed by atoms with Crippen molar-refractivity contribution >= 4 is 21.8 Å². The molecule has 0 unspecified atom stereocenters. The van der Waals surface area contributed by atoms with Crippen LogP contribution in [0.3, 0.4) is 0 Å². The molecule has 2 rings (SSSR count). The van der Waals surface area contributed by atoms with Crippen LogP contribution < -0.4 is 10.1 Å². The van der Waals surface area contributed by atoms with Crippen molar-refractivity contribution in [1.29, 1.82) is 0 Å². The quantitative estimate of drug-likeness (QED) is 0.932. The summed E-state index contributed by atoms with van der Waals surface area (Å²) in [6, 6.07) is 7.73. The molecule has 1 aromatic heterocycles. The van der Waals surface area contributed by atoms with Gasteiger partial charge in [0.25, 0.3) is 5.91 Å². The van der Waals surface area contributed by atoms with Crippen molar-refractivity contribution in [3.63, 3.8) is 0 Å². The molecule has 0 saturated carbocycles. The summed E-state index contributed by atoms with van der Waals surface area (Å²) < 4.78 is 19.3. The van der Waals surface area contributed by atoms with E-state index in [0.717, 1.165) is 5.56 Å². The van der Waals surface area contributed by atoms with Crippen LogP contribution in [0.4, 0.5) is 4.39 Å². The zero-order valence-corrected chi connectivity index (χ0v) is 12.3. The Morgan fingerprint density at radius 1 is 1.45 bits per heavy atom. The van der Waals surface area contributed by atoms with Crippen LogP contribution >= 0.6 is 15.9 Å². The van der Waals surface area contributed by atoms with Crippen LogP contribution in [-0.4, -0.2) is 18.0 Å². The number of ether oxygens (including phenoxy) is 1. The summed E-state index contributed by atoms with van der Waals surface area (Å²) in [5.41, 5.74) is 0.709. The van der Waals surface area contributed by atoms with E-state index in [2.05, 4.69) is 26.2 Å². The van der Waals surface area contributed by atoms with Crippen LogP contribution in [0.2, 0.25) is 0 Å². The highest BCUT2D eigenvalue weighted by Crippen LogP contribution is 2.16. The van der Waals surface area contributed by atoms with Gasteiger partial charge in [-0.15, -0.1) is 0 Å². The number of nitrogens with zero attached hydrogens (tertiary/aromatic N) is 1. The number of pyridine rings is 1. The average molecular weight is 339 g/mol. The Morgan fingerprint density at radius 3 is 3.00 bits per heavy atom. The Kier molecular flexibility index (Phi) is 4.68. The maximum Gasteiger partial charge on any atom is 0.254 e. The summed E-state index contributed by atoms with van der Waals surface area (Å²) >= 11 is 3.21. The number of amides is 1. The third-order valence-corrected chi connectivity index (χ3v) is 3.15. The van der Waals surface area contributed by atoms with Gasteiger partial charge in [-0.3, -0.25) is 4.79 Å². The van der Waals surface area contributed by atoms with E-state index >= 15 is 0 Å². The second-order valence-electron chi connectivity index (χ2n) is 3.98. The first-order chi connectivity index (χ1) is 9.61. The molecule has 1 heterocycles. The summed E-state index contributed by atoms with van der Waals surface area (Å²) in [6.07, 6.45) is 1.60. The SMILES string of the molecule is COc1ncccc1CNC(=O)c1cc(Br)ccc1F. The van der Waals surface area contributed by atoms with E-state index in [1.54, 1.807) is 18.3 Å². The molecule has 1 amide bonds. The molecule has 20 heavy (non-hydrogen) atoms. The molecular formula is C14H12BrFN2O2. The van der Waals surface area contributed by atoms with E-state index in [9.17, 15) is 9.18 Å². The van der Waals surface area contributed by atoms with Crippen LogP contribution in [0.15, 0.2) is 41.0 Å². The van der Waals surface area contributed by atoms with Gasteiger partial charge >= 0.3 is 0 Å². The van der Waals surface area contributed by atoms with Crippen molar-refractivity contribution in [2.45, 2.75) is 6.54 Å². The third kappa shape index (κ3) is 3.33. The summed E-state index contributed by atoms with van der Waals surface area (Å²) in [7, 11) is 1.50. The Morgan fingerprint density at radius 2 is 2.25 bits per heavy atom. The van der Waals surface area contributed by atoms with Crippen molar-refractivity contribution in [3.8, 4) is 5.88 Å². The minimum atomic E-state index is -0.566. The minimum absolute atomic E-state index is 0.0118. The zero-order chi connectivity index (χ0) is 14.5. The molecule has 2 aromatic rings. The monoisotopic (exact) mass is 338 g/mol. The molecule has 6 heteroatoms. The normalized spacial score (nSPS) is 10.2. The topological polar surface area (TPSA) is 51.2 Å². The molecular weight excluding hydrogens is 327 g/mol. The fraction of sp³-hybridized carbons (Fsp3) is 0.143. The number of benzene rings is 1. The number of nitrogens with one attached hydrogen (secondary N) is 1. The Hall–Kier alpha value is -1.95. The third-order valence-electron chi connectivity index (χ3n) is 2.66. The van der Waals surface area contributed by atoms with Gasteiger partial charge in [0.1, 0.15) is 5.82 Å². The van der Waals surface area contributed by atoms with Crippen molar-refractivity contribution in [2.24, 2.45) is 0 Å². The molecule has 4 nitrogen and oxygen atoms in total. The molecule has 0 fully saturated rings. The van der Waals surface area contributed by atoms with Crippen molar-refractivity contribution in [1.82, 2.24) is 10.3 Å². The second kappa shape index (κ2) is 6.47. The lowest BCUT2D eigenvalue weighted by Crippen LogP contribution is -2.24. The summed E-state index contributed by atoms with van der Waals surface area (Å²) in [4.78, 5) is 16.0. The fourth-order valence-corrected chi connectivity index (χ4v) is 2.05. The van der Waals surface area contributed by atoms with Gasteiger partial charge in [-0.1, -0.05) is 22.0 Å². The lowest BCUT2D eigenvalue weighted by molar-refractivity contribution is 0.0946. The van der Waals surface area contributed by atoms with Crippen LogP contribution in [0.5, 0.6) is 5.88 Å². The van der Waals surface area contributed by atoms with E-state index in [1.165, 1.54) is 25.3 Å². The first-order valence-corrected chi connectivity index (χ1v) is 6.62. The van der Waals surface area contributed by atoms with E-state index in [1.807, 2.05) is 0 Å². The number of halogens is 2. The molecule has 0 atom stereocenters. The van der Waals surface area contributed by atoms with Crippen LogP contribution in [0.1, 0.15) is 15.9 Å².